The smallest absolute Gasteiger partial charge is 0.223 e. The van der Waals surface area contributed by atoms with Gasteiger partial charge in [-0.2, -0.15) is 0 Å². The van der Waals surface area contributed by atoms with Gasteiger partial charge in [0.2, 0.25) is 11.8 Å². The summed E-state index contributed by atoms with van der Waals surface area (Å²) in [5.74, 6) is -0.359. The quantitative estimate of drug-likeness (QED) is 0.778. The Bertz CT molecular complexity index is 797. The van der Waals surface area contributed by atoms with Crippen molar-refractivity contribution in [1.29, 1.82) is 0 Å². The molecule has 0 atom stereocenters. The van der Waals surface area contributed by atoms with E-state index in [0.717, 1.165) is 5.56 Å². The molecule has 136 valence electrons. The lowest BCUT2D eigenvalue weighted by Crippen LogP contribution is -2.33. The maximum Gasteiger partial charge on any atom is 0.223 e. The molecule has 0 aliphatic rings. The molecular weight excluding hydrogens is 328 g/mol. The molecule has 5 heteroatoms. The summed E-state index contributed by atoms with van der Waals surface area (Å²) in [6, 6.07) is 14.8. The second-order valence-electron chi connectivity index (χ2n) is 6.29. The maximum absolute atomic E-state index is 12.1. The van der Waals surface area contributed by atoms with Gasteiger partial charge < -0.3 is 10.2 Å². The first-order chi connectivity index (χ1) is 12.4. The van der Waals surface area contributed by atoms with Crippen molar-refractivity contribution in [3.05, 3.63) is 65.2 Å². The third-order valence-electron chi connectivity index (χ3n) is 4.12. The molecule has 0 radical (unpaired) electrons. The summed E-state index contributed by atoms with van der Waals surface area (Å²) in [5.41, 5.74) is 3.36. The number of carbonyl (C=O) groups excluding carboxylic acids is 3. The van der Waals surface area contributed by atoms with Crippen molar-refractivity contribution >= 4 is 23.3 Å². The zero-order chi connectivity index (χ0) is 19.1. The van der Waals surface area contributed by atoms with Crippen molar-refractivity contribution in [3.8, 4) is 0 Å². The van der Waals surface area contributed by atoms with E-state index in [4.69, 9.17) is 0 Å². The minimum Gasteiger partial charge on any atom is -0.352 e. The largest absolute Gasteiger partial charge is 0.352 e. The molecule has 0 saturated carbocycles. The van der Waals surface area contributed by atoms with Crippen LogP contribution < -0.4 is 10.2 Å². The molecule has 0 heterocycles. The van der Waals surface area contributed by atoms with Gasteiger partial charge in [0.05, 0.1) is 0 Å². The molecule has 0 aliphatic carbocycles. The number of rotatable bonds is 7. The van der Waals surface area contributed by atoms with Crippen molar-refractivity contribution < 1.29 is 14.4 Å². The van der Waals surface area contributed by atoms with Crippen molar-refractivity contribution in [2.24, 2.45) is 0 Å². The van der Waals surface area contributed by atoms with E-state index in [1.165, 1.54) is 24.3 Å². The Morgan fingerprint density at radius 1 is 1.00 bits per heavy atom. The van der Waals surface area contributed by atoms with Crippen molar-refractivity contribution in [2.75, 3.05) is 11.4 Å². The number of hydrogen-bond donors (Lipinski definition) is 1. The number of ketones is 1. The molecular formula is C21H24N2O3. The Morgan fingerprint density at radius 2 is 1.69 bits per heavy atom. The minimum absolute atomic E-state index is 0.0637. The van der Waals surface area contributed by atoms with Crippen LogP contribution in [0, 0.1) is 6.92 Å². The van der Waals surface area contributed by atoms with Gasteiger partial charge in [0.1, 0.15) is 0 Å². The average molecular weight is 352 g/mol. The molecule has 26 heavy (non-hydrogen) atoms. The molecule has 5 nitrogen and oxygen atoms in total. The molecule has 2 amide bonds. The standard InChI is InChI=1S/C21H24N2O3/c1-15-7-9-18(10-8-15)14-22-21(26)11-12-23(17(3)25)20-6-4-5-19(13-20)16(2)24/h4-10,13H,11-12,14H2,1-3H3,(H,22,26). The van der Waals surface area contributed by atoms with E-state index in [-0.39, 0.29) is 30.6 Å². The predicted molar refractivity (Wildman–Crippen MR) is 102 cm³/mol. The molecule has 0 saturated heterocycles. The Hall–Kier alpha value is -2.95. The van der Waals surface area contributed by atoms with E-state index in [1.54, 1.807) is 24.3 Å². The van der Waals surface area contributed by atoms with Gasteiger partial charge in [-0.3, -0.25) is 14.4 Å². The lowest BCUT2D eigenvalue weighted by molar-refractivity contribution is -0.121. The molecule has 0 spiro atoms. The van der Waals surface area contributed by atoms with Crippen molar-refractivity contribution in [2.45, 2.75) is 33.7 Å². The van der Waals surface area contributed by atoms with Gasteiger partial charge in [-0.25, -0.2) is 0 Å². The molecule has 0 aliphatic heterocycles. The highest BCUT2D eigenvalue weighted by Gasteiger charge is 2.14. The highest BCUT2D eigenvalue weighted by atomic mass is 16.2. The lowest BCUT2D eigenvalue weighted by Gasteiger charge is -2.21. The van der Waals surface area contributed by atoms with E-state index in [2.05, 4.69) is 5.32 Å². The number of hydrogen-bond acceptors (Lipinski definition) is 3. The van der Waals surface area contributed by atoms with Crippen LogP contribution in [0.1, 0.15) is 41.8 Å². The van der Waals surface area contributed by atoms with E-state index in [9.17, 15) is 14.4 Å². The second kappa shape index (κ2) is 8.94. The minimum atomic E-state index is -0.169. The summed E-state index contributed by atoms with van der Waals surface area (Å²) in [5, 5.41) is 2.86. The van der Waals surface area contributed by atoms with Gasteiger partial charge >= 0.3 is 0 Å². The van der Waals surface area contributed by atoms with Crippen LogP contribution in [0.25, 0.3) is 0 Å². The number of aryl methyl sites for hydroxylation is 1. The number of anilines is 1. The fourth-order valence-corrected chi connectivity index (χ4v) is 2.57. The van der Waals surface area contributed by atoms with Crippen LogP contribution >= 0.6 is 0 Å². The molecule has 0 unspecified atom stereocenters. The Kier molecular flexibility index (Phi) is 6.67. The summed E-state index contributed by atoms with van der Waals surface area (Å²) in [7, 11) is 0. The highest BCUT2D eigenvalue weighted by molar-refractivity contribution is 5.97. The summed E-state index contributed by atoms with van der Waals surface area (Å²) < 4.78 is 0. The van der Waals surface area contributed by atoms with E-state index < -0.39 is 0 Å². The van der Waals surface area contributed by atoms with Crippen LogP contribution in [0.2, 0.25) is 0 Å². The summed E-state index contributed by atoms with van der Waals surface area (Å²) in [4.78, 5) is 37.1. The van der Waals surface area contributed by atoms with Gasteiger partial charge in [-0.05, 0) is 31.5 Å². The molecule has 2 aromatic carbocycles. The fraction of sp³-hybridized carbons (Fsp3) is 0.286. The predicted octanol–water partition coefficient (Wildman–Crippen LogP) is 3.26. The number of nitrogens with zero attached hydrogens (tertiary/aromatic N) is 1. The van der Waals surface area contributed by atoms with Gasteiger partial charge in [0.15, 0.2) is 5.78 Å². The van der Waals surface area contributed by atoms with Crippen molar-refractivity contribution in [1.82, 2.24) is 5.32 Å². The first-order valence-electron chi connectivity index (χ1n) is 8.58. The molecule has 2 aromatic rings. The van der Waals surface area contributed by atoms with Crippen LogP contribution in [0.3, 0.4) is 0 Å². The molecule has 1 N–H and O–H groups in total. The zero-order valence-electron chi connectivity index (χ0n) is 15.4. The monoisotopic (exact) mass is 352 g/mol. The Morgan fingerprint density at radius 3 is 2.31 bits per heavy atom. The number of Topliss-reactive ketones (excluding diaryl/α,β-unsaturated/α-hetero) is 1. The summed E-state index contributed by atoms with van der Waals surface area (Å²) >= 11 is 0. The summed E-state index contributed by atoms with van der Waals surface area (Å²) in [6.45, 7) is 5.66. The molecule has 0 fully saturated rings. The van der Waals surface area contributed by atoms with E-state index in [0.29, 0.717) is 17.8 Å². The maximum atomic E-state index is 12.1. The first-order valence-corrected chi connectivity index (χ1v) is 8.58. The number of nitrogens with one attached hydrogen (secondary N) is 1. The van der Waals surface area contributed by atoms with Crippen LogP contribution in [0.4, 0.5) is 5.69 Å². The normalized spacial score (nSPS) is 10.3. The lowest BCUT2D eigenvalue weighted by atomic mass is 10.1. The third-order valence-corrected chi connectivity index (χ3v) is 4.12. The second-order valence-corrected chi connectivity index (χ2v) is 6.29. The Balaban J connectivity index is 1.94. The van der Waals surface area contributed by atoms with Gasteiger partial charge in [-0.1, -0.05) is 42.0 Å². The first kappa shape index (κ1) is 19.4. The van der Waals surface area contributed by atoms with Crippen LogP contribution in [-0.4, -0.2) is 24.1 Å². The topological polar surface area (TPSA) is 66.5 Å². The summed E-state index contributed by atoms with van der Waals surface area (Å²) in [6.07, 6.45) is 0.190. The third kappa shape index (κ3) is 5.55. The highest BCUT2D eigenvalue weighted by Crippen LogP contribution is 2.17. The number of benzene rings is 2. The molecule has 2 rings (SSSR count). The average Bonchev–Trinajstić information content (AvgIpc) is 2.61. The number of amides is 2. The van der Waals surface area contributed by atoms with Crippen LogP contribution in [-0.2, 0) is 16.1 Å². The van der Waals surface area contributed by atoms with Crippen molar-refractivity contribution in [3.63, 3.8) is 0 Å². The molecule has 0 bridgehead atoms. The SMILES string of the molecule is CC(=O)c1cccc(N(CCC(=O)NCc2ccc(C)cc2)C(C)=O)c1. The van der Waals surface area contributed by atoms with E-state index >= 15 is 0 Å². The van der Waals surface area contributed by atoms with Crippen LogP contribution in [0.15, 0.2) is 48.5 Å². The van der Waals surface area contributed by atoms with Crippen LogP contribution in [0.5, 0.6) is 0 Å². The zero-order valence-corrected chi connectivity index (χ0v) is 15.4. The van der Waals surface area contributed by atoms with Gasteiger partial charge in [0.25, 0.3) is 0 Å². The molecule has 0 aromatic heterocycles. The van der Waals surface area contributed by atoms with E-state index in [1.807, 2.05) is 31.2 Å². The van der Waals surface area contributed by atoms with Gasteiger partial charge in [0, 0.05) is 37.7 Å². The number of carbonyl (C=O) groups is 3. The Labute approximate surface area is 154 Å². The van der Waals surface area contributed by atoms with Gasteiger partial charge in [-0.15, -0.1) is 0 Å². The fourth-order valence-electron chi connectivity index (χ4n) is 2.57.